The van der Waals surface area contributed by atoms with E-state index in [4.69, 9.17) is 0 Å². The first-order chi connectivity index (χ1) is 7.47. The summed E-state index contributed by atoms with van der Waals surface area (Å²) in [5.41, 5.74) is 1.21. The summed E-state index contributed by atoms with van der Waals surface area (Å²) in [6, 6.07) is 0. The standard InChI is InChI=1S/C12H19F3O/c13-12(14,15)8-4-7-11(16)9-10-5-2-1-3-6-10/h5,11,16H,1-4,6-9H2. The van der Waals surface area contributed by atoms with Gasteiger partial charge in [-0.2, -0.15) is 13.2 Å². The van der Waals surface area contributed by atoms with Crippen LogP contribution in [0.5, 0.6) is 0 Å². The molecule has 16 heavy (non-hydrogen) atoms. The predicted molar refractivity (Wildman–Crippen MR) is 57.1 cm³/mol. The van der Waals surface area contributed by atoms with E-state index < -0.39 is 18.7 Å². The van der Waals surface area contributed by atoms with Gasteiger partial charge in [0, 0.05) is 6.42 Å². The Labute approximate surface area is 94.3 Å². The largest absolute Gasteiger partial charge is 0.393 e. The van der Waals surface area contributed by atoms with Crippen LogP contribution in [0.1, 0.15) is 51.4 Å². The Bertz CT molecular complexity index is 233. The van der Waals surface area contributed by atoms with E-state index in [1.54, 1.807) is 0 Å². The van der Waals surface area contributed by atoms with E-state index >= 15 is 0 Å². The molecule has 1 rings (SSSR count). The molecule has 0 bridgehead atoms. The molecule has 0 aromatic carbocycles. The number of allylic oxidation sites excluding steroid dienone is 1. The predicted octanol–water partition coefficient (Wildman–Crippen LogP) is 3.97. The molecule has 1 aliphatic rings. The first kappa shape index (κ1) is 13.6. The van der Waals surface area contributed by atoms with Gasteiger partial charge in [-0.3, -0.25) is 0 Å². The smallest absolute Gasteiger partial charge is 0.389 e. The van der Waals surface area contributed by atoms with Gasteiger partial charge in [-0.15, -0.1) is 0 Å². The molecule has 0 spiro atoms. The maximum absolute atomic E-state index is 11.9. The summed E-state index contributed by atoms with van der Waals surface area (Å²) < 4.78 is 35.6. The second-order valence-electron chi connectivity index (χ2n) is 4.47. The van der Waals surface area contributed by atoms with E-state index in [1.165, 1.54) is 12.0 Å². The summed E-state index contributed by atoms with van der Waals surface area (Å²) in [7, 11) is 0. The van der Waals surface area contributed by atoms with Gasteiger partial charge in [-0.25, -0.2) is 0 Å². The Kier molecular flexibility index (Phi) is 5.32. The molecular weight excluding hydrogens is 217 g/mol. The number of halogens is 3. The highest BCUT2D eigenvalue weighted by molar-refractivity contribution is 5.06. The lowest BCUT2D eigenvalue weighted by Gasteiger charge is -2.16. The quantitative estimate of drug-likeness (QED) is 0.716. The fraction of sp³-hybridized carbons (Fsp3) is 0.833. The zero-order chi connectivity index (χ0) is 12.0. The average Bonchev–Trinajstić information content (AvgIpc) is 2.17. The highest BCUT2D eigenvalue weighted by atomic mass is 19.4. The molecule has 94 valence electrons. The van der Waals surface area contributed by atoms with Crippen molar-refractivity contribution in [3.05, 3.63) is 11.6 Å². The van der Waals surface area contributed by atoms with Crippen molar-refractivity contribution in [2.75, 3.05) is 0 Å². The summed E-state index contributed by atoms with van der Waals surface area (Å²) in [4.78, 5) is 0. The molecule has 1 atom stereocenters. The molecule has 0 heterocycles. The minimum Gasteiger partial charge on any atom is -0.393 e. The highest BCUT2D eigenvalue weighted by Crippen LogP contribution is 2.25. The SMILES string of the molecule is OC(CCCC(F)(F)F)CC1=CCCCC1. The van der Waals surface area contributed by atoms with Crippen molar-refractivity contribution in [3.8, 4) is 0 Å². The van der Waals surface area contributed by atoms with E-state index in [2.05, 4.69) is 6.08 Å². The van der Waals surface area contributed by atoms with Crippen molar-refractivity contribution in [2.45, 2.75) is 63.6 Å². The summed E-state index contributed by atoms with van der Waals surface area (Å²) in [6.45, 7) is 0. The number of aliphatic hydroxyl groups is 1. The van der Waals surface area contributed by atoms with Crippen LogP contribution in [0.4, 0.5) is 13.2 Å². The molecule has 0 fully saturated rings. The van der Waals surface area contributed by atoms with Gasteiger partial charge >= 0.3 is 6.18 Å². The Morgan fingerprint density at radius 2 is 2.06 bits per heavy atom. The molecule has 4 heteroatoms. The van der Waals surface area contributed by atoms with Crippen molar-refractivity contribution < 1.29 is 18.3 Å². The molecule has 1 unspecified atom stereocenters. The van der Waals surface area contributed by atoms with Gasteiger partial charge in [-0.05, 0) is 44.9 Å². The van der Waals surface area contributed by atoms with Crippen LogP contribution < -0.4 is 0 Å². The monoisotopic (exact) mass is 236 g/mol. The fourth-order valence-electron chi connectivity index (χ4n) is 2.03. The van der Waals surface area contributed by atoms with Crippen molar-refractivity contribution >= 4 is 0 Å². The Morgan fingerprint density at radius 1 is 1.31 bits per heavy atom. The third kappa shape index (κ3) is 6.16. The van der Waals surface area contributed by atoms with Gasteiger partial charge in [0.25, 0.3) is 0 Å². The second-order valence-corrected chi connectivity index (χ2v) is 4.47. The van der Waals surface area contributed by atoms with Crippen LogP contribution in [0.3, 0.4) is 0 Å². The molecule has 0 amide bonds. The summed E-state index contributed by atoms with van der Waals surface area (Å²) in [6.07, 6.45) is 1.83. The van der Waals surface area contributed by atoms with E-state index in [0.717, 1.165) is 19.3 Å². The summed E-state index contributed by atoms with van der Waals surface area (Å²) in [5, 5.41) is 9.59. The van der Waals surface area contributed by atoms with E-state index in [9.17, 15) is 18.3 Å². The van der Waals surface area contributed by atoms with E-state index in [0.29, 0.717) is 6.42 Å². The lowest BCUT2D eigenvalue weighted by atomic mass is 9.94. The minimum atomic E-state index is -4.09. The van der Waals surface area contributed by atoms with Gasteiger partial charge in [0.15, 0.2) is 0 Å². The van der Waals surface area contributed by atoms with Crippen LogP contribution in [0.2, 0.25) is 0 Å². The lowest BCUT2D eigenvalue weighted by Crippen LogP contribution is -2.12. The molecular formula is C12H19F3O. The van der Waals surface area contributed by atoms with Gasteiger partial charge in [-0.1, -0.05) is 11.6 Å². The molecule has 0 saturated carbocycles. The van der Waals surface area contributed by atoms with Crippen LogP contribution in [-0.4, -0.2) is 17.4 Å². The van der Waals surface area contributed by atoms with E-state index in [1.807, 2.05) is 0 Å². The topological polar surface area (TPSA) is 20.2 Å². The fourth-order valence-corrected chi connectivity index (χ4v) is 2.03. The first-order valence-corrected chi connectivity index (χ1v) is 5.90. The second kappa shape index (κ2) is 6.28. The Balaban J connectivity index is 2.15. The van der Waals surface area contributed by atoms with Crippen LogP contribution >= 0.6 is 0 Å². The maximum atomic E-state index is 11.9. The summed E-state index contributed by atoms with van der Waals surface area (Å²) >= 11 is 0. The van der Waals surface area contributed by atoms with Crippen molar-refractivity contribution in [1.82, 2.24) is 0 Å². The molecule has 0 aromatic rings. The van der Waals surface area contributed by atoms with Crippen molar-refractivity contribution in [2.24, 2.45) is 0 Å². The van der Waals surface area contributed by atoms with Crippen molar-refractivity contribution in [1.29, 1.82) is 0 Å². The molecule has 1 N–H and O–H groups in total. The first-order valence-electron chi connectivity index (χ1n) is 5.90. The minimum absolute atomic E-state index is 0.0257. The van der Waals surface area contributed by atoms with Gasteiger partial charge in [0.1, 0.15) is 0 Å². The number of rotatable bonds is 5. The molecule has 1 aliphatic carbocycles. The number of hydrogen-bond acceptors (Lipinski definition) is 1. The lowest BCUT2D eigenvalue weighted by molar-refractivity contribution is -0.136. The van der Waals surface area contributed by atoms with Gasteiger partial charge in [0.05, 0.1) is 6.10 Å². The maximum Gasteiger partial charge on any atom is 0.389 e. The Morgan fingerprint density at radius 3 is 2.62 bits per heavy atom. The number of aliphatic hydroxyl groups excluding tert-OH is 1. The zero-order valence-corrected chi connectivity index (χ0v) is 9.39. The third-order valence-electron chi connectivity index (χ3n) is 2.88. The van der Waals surface area contributed by atoms with Crippen LogP contribution in [0, 0.1) is 0 Å². The van der Waals surface area contributed by atoms with Crippen LogP contribution in [-0.2, 0) is 0 Å². The van der Waals surface area contributed by atoms with Crippen LogP contribution in [0.25, 0.3) is 0 Å². The molecule has 0 aromatic heterocycles. The molecule has 1 nitrogen and oxygen atoms in total. The number of hydrogen-bond donors (Lipinski definition) is 1. The molecule has 0 aliphatic heterocycles. The molecule has 0 radical (unpaired) electrons. The third-order valence-corrected chi connectivity index (χ3v) is 2.88. The van der Waals surface area contributed by atoms with Gasteiger partial charge in [0.2, 0.25) is 0 Å². The number of alkyl halides is 3. The summed E-state index contributed by atoms with van der Waals surface area (Å²) in [5.74, 6) is 0. The average molecular weight is 236 g/mol. The molecule has 0 saturated heterocycles. The van der Waals surface area contributed by atoms with Crippen molar-refractivity contribution in [3.63, 3.8) is 0 Å². The normalized spacial score (nSPS) is 19.4. The highest BCUT2D eigenvalue weighted by Gasteiger charge is 2.26. The zero-order valence-electron chi connectivity index (χ0n) is 9.39. The van der Waals surface area contributed by atoms with E-state index in [-0.39, 0.29) is 12.8 Å². The van der Waals surface area contributed by atoms with Crippen LogP contribution in [0.15, 0.2) is 11.6 Å². The van der Waals surface area contributed by atoms with Gasteiger partial charge < -0.3 is 5.11 Å². The Hall–Kier alpha value is -0.510.